The lowest BCUT2D eigenvalue weighted by atomic mass is 9.87. The molecular formula is C20H27NO. The van der Waals surface area contributed by atoms with Gasteiger partial charge in [-0.15, -0.1) is 0 Å². The van der Waals surface area contributed by atoms with E-state index >= 15 is 0 Å². The first-order valence-electron chi connectivity index (χ1n) is 8.13. The number of aliphatic imine (C=N–C) groups is 1. The van der Waals surface area contributed by atoms with E-state index in [4.69, 9.17) is 4.74 Å². The van der Waals surface area contributed by atoms with Crippen LogP contribution in [0.25, 0.3) is 0 Å². The molecule has 0 heterocycles. The zero-order valence-corrected chi connectivity index (χ0v) is 14.0. The molecule has 118 valence electrons. The molecule has 1 aromatic rings. The molecule has 0 amide bonds. The van der Waals surface area contributed by atoms with Crippen molar-refractivity contribution in [2.24, 2.45) is 4.99 Å². The van der Waals surface area contributed by atoms with Crippen molar-refractivity contribution in [1.82, 2.24) is 0 Å². The van der Waals surface area contributed by atoms with Crippen molar-refractivity contribution in [3.8, 4) is 5.75 Å². The standard InChI is InChI=1S/C20H27NO/c1-20(2,3)18-10-12-19(13-11-18)22-15-7-14-21-16-17-8-5-4-6-9-17/h5,8-14H,4,6-7,15-16H2,1-3H3. The number of hydrogen-bond acceptors (Lipinski definition) is 2. The van der Waals surface area contributed by atoms with Gasteiger partial charge in [0.05, 0.1) is 13.2 Å². The minimum absolute atomic E-state index is 0.188. The van der Waals surface area contributed by atoms with E-state index in [0.29, 0.717) is 6.61 Å². The SMILES string of the molecule is CC(C)(C)c1ccc(OCCC=NCC2=CCCC=C2)cc1. The second-order valence-corrected chi connectivity index (χ2v) is 6.69. The first-order chi connectivity index (χ1) is 10.6. The Kier molecular flexibility index (Phi) is 6.00. The third-order valence-electron chi connectivity index (χ3n) is 3.71. The van der Waals surface area contributed by atoms with Crippen molar-refractivity contribution in [1.29, 1.82) is 0 Å². The zero-order valence-electron chi connectivity index (χ0n) is 14.0. The van der Waals surface area contributed by atoms with E-state index in [1.807, 2.05) is 6.21 Å². The summed E-state index contributed by atoms with van der Waals surface area (Å²) in [5, 5.41) is 0. The van der Waals surface area contributed by atoms with Gasteiger partial charge >= 0.3 is 0 Å². The van der Waals surface area contributed by atoms with Crippen LogP contribution in [0.4, 0.5) is 0 Å². The minimum Gasteiger partial charge on any atom is -0.493 e. The van der Waals surface area contributed by atoms with Crippen LogP contribution in [0.15, 0.2) is 53.1 Å². The van der Waals surface area contributed by atoms with Crippen molar-refractivity contribution in [2.75, 3.05) is 13.2 Å². The lowest BCUT2D eigenvalue weighted by Gasteiger charge is -2.19. The van der Waals surface area contributed by atoms with Crippen LogP contribution < -0.4 is 4.74 Å². The summed E-state index contributed by atoms with van der Waals surface area (Å²) in [6.45, 7) is 8.12. The summed E-state index contributed by atoms with van der Waals surface area (Å²) in [5.41, 5.74) is 2.84. The summed E-state index contributed by atoms with van der Waals surface area (Å²) in [5.74, 6) is 0.930. The highest BCUT2D eigenvalue weighted by atomic mass is 16.5. The molecule has 0 saturated heterocycles. The third kappa shape index (κ3) is 5.51. The maximum atomic E-state index is 5.75. The average Bonchev–Trinajstić information content (AvgIpc) is 2.51. The highest BCUT2D eigenvalue weighted by Gasteiger charge is 2.12. The van der Waals surface area contributed by atoms with Gasteiger partial charge in [0.1, 0.15) is 5.75 Å². The van der Waals surface area contributed by atoms with Gasteiger partial charge in [-0.2, -0.15) is 0 Å². The highest BCUT2D eigenvalue weighted by Crippen LogP contribution is 2.24. The molecule has 2 rings (SSSR count). The van der Waals surface area contributed by atoms with Gasteiger partial charge in [0.15, 0.2) is 0 Å². The summed E-state index contributed by atoms with van der Waals surface area (Å²) in [6.07, 6.45) is 11.8. The Labute approximate surface area is 134 Å². The van der Waals surface area contributed by atoms with E-state index in [0.717, 1.165) is 31.6 Å². The minimum atomic E-state index is 0.188. The van der Waals surface area contributed by atoms with E-state index in [-0.39, 0.29) is 5.41 Å². The predicted octanol–water partition coefficient (Wildman–Crippen LogP) is 5.10. The van der Waals surface area contributed by atoms with Crippen LogP contribution in [-0.2, 0) is 5.41 Å². The average molecular weight is 297 g/mol. The molecule has 1 aliphatic rings. The fraction of sp³-hybridized carbons (Fsp3) is 0.450. The quantitative estimate of drug-likeness (QED) is 0.529. The first-order valence-corrected chi connectivity index (χ1v) is 8.13. The van der Waals surface area contributed by atoms with Crippen molar-refractivity contribution >= 4 is 6.21 Å². The number of allylic oxidation sites excluding steroid dienone is 2. The fourth-order valence-corrected chi connectivity index (χ4v) is 2.33. The van der Waals surface area contributed by atoms with Gasteiger partial charge in [-0.1, -0.05) is 51.1 Å². The van der Waals surface area contributed by atoms with Crippen LogP contribution in [-0.4, -0.2) is 19.4 Å². The summed E-state index contributed by atoms with van der Waals surface area (Å²) < 4.78 is 5.75. The third-order valence-corrected chi connectivity index (χ3v) is 3.71. The van der Waals surface area contributed by atoms with Gasteiger partial charge in [-0.25, -0.2) is 0 Å². The molecule has 2 nitrogen and oxygen atoms in total. The number of nitrogens with zero attached hydrogens (tertiary/aromatic N) is 1. The molecule has 22 heavy (non-hydrogen) atoms. The summed E-state index contributed by atoms with van der Waals surface area (Å²) in [7, 11) is 0. The van der Waals surface area contributed by atoms with Crippen LogP contribution in [0, 0.1) is 0 Å². The van der Waals surface area contributed by atoms with Gasteiger partial charge in [0.2, 0.25) is 0 Å². The van der Waals surface area contributed by atoms with E-state index in [2.05, 4.69) is 68.3 Å². The highest BCUT2D eigenvalue weighted by molar-refractivity contribution is 5.57. The number of benzene rings is 1. The van der Waals surface area contributed by atoms with Gasteiger partial charge in [0, 0.05) is 12.6 Å². The molecule has 0 radical (unpaired) electrons. The molecule has 1 aromatic carbocycles. The lowest BCUT2D eigenvalue weighted by Crippen LogP contribution is -2.10. The van der Waals surface area contributed by atoms with Crippen molar-refractivity contribution < 1.29 is 4.74 Å². The molecule has 0 unspecified atom stereocenters. The predicted molar refractivity (Wildman–Crippen MR) is 95.1 cm³/mol. The lowest BCUT2D eigenvalue weighted by molar-refractivity contribution is 0.330. The molecule has 0 N–H and O–H groups in total. The molecule has 1 aliphatic carbocycles. The Bertz CT molecular complexity index is 544. The molecule has 2 heteroatoms. The number of hydrogen-bond donors (Lipinski definition) is 0. The molecule has 0 aromatic heterocycles. The molecule has 0 spiro atoms. The zero-order chi connectivity index (χ0) is 15.8. The maximum Gasteiger partial charge on any atom is 0.119 e. The van der Waals surface area contributed by atoms with Gasteiger partial charge in [-0.05, 0) is 41.5 Å². The van der Waals surface area contributed by atoms with E-state index < -0.39 is 0 Å². The Hall–Kier alpha value is -1.83. The Balaban J connectivity index is 1.68. The smallest absolute Gasteiger partial charge is 0.119 e. The molecular weight excluding hydrogens is 270 g/mol. The van der Waals surface area contributed by atoms with Crippen LogP contribution in [0.1, 0.15) is 45.6 Å². The summed E-state index contributed by atoms with van der Waals surface area (Å²) in [6, 6.07) is 8.39. The largest absolute Gasteiger partial charge is 0.493 e. The van der Waals surface area contributed by atoms with Crippen LogP contribution in [0.2, 0.25) is 0 Å². The maximum absolute atomic E-state index is 5.75. The van der Waals surface area contributed by atoms with E-state index in [9.17, 15) is 0 Å². The van der Waals surface area contributed by atoms with Gasteiger partial charge in [0.25, 0.3) is 0 Å². The van der Waals surface area contributed by atoms with Crippen LogP contribution >= 0.6 is 0 Å². The Morgan fingerprint density at radius 3 is 2.55 bits per heavy atom. The van der Waals surface area contributed by atoms with Crippen LogP contribution in [0.3, 0.4) is 0 Å². The summed E-state index contributed by atoms with van der Waals surface area (Å²) in [4.78, 5) is 4.45. The van der Waals surface area contributed by atoms with Gasteiger partial charge < -0.3 is 4.74 Å². The monoisotopic (exact) mass is 297 g/mol. The first kappa shape index (κ1) is 16.5. The normalized spacial score (nSPS) is 15.1. The van der Waals surface area contributed by atoms with Crippen molar-refractivity contribution in [2.45, 2.75) is 45.4 Å². The molecule has 0 aliphatic heterocycles. The van der Waals surface area contributed by atoms with E-state index in [1.54, 1.807) is 0 Å². The fourth-order valence-electron chi connectivity index (χ4n) is 2.33. The van der Waals surface area contributed by atoms with Crippen molar-refractivity contribution in [3.05, 3.63) is 53.6 Å². The van der Waals surface area contributed by atoms with Gasteiger partial charge in [-0.3, -0.25) is 4.99 Å². The number of ether oxygens (including phenoxy) is 1. The Morgan fingerprint density at radius 2 is 1.91 bits per heavy atom. The topological polar surface area (TPSA) is 21.6 Å². The second kappa shape index (κ2) is 7.98. The van der Waals surface area contributed by atoms with Crippen LogP contribution in [0.5, 0.6) is 5.75 Å². The molecule has 0 fully saturated rings. The molecule has 0 bridgehead atoms. The summed E-state index contributed by atoms with van der Waals surface area (Å²) >= 11 is 0. The molecule has 0 saturated carbocycles. The number of rotatable bonds is 6. The Morgan fingerprint density at radius 1 is 1.14 bits per heavy atom. The second-order valence-electron chi connectivity index (χ2n) is 6.69. The molecule has 0 atom stereocenters. The van der Waals surface area contributed by atoms with Crippen molar-refractivity contribution in [3.63, 3.8) is 0 Å². The van der Waals surface area contributed by atoms with E-state index in [1.165, 1.54) is 11.1 Å².